The zero-order chi connectivity index (χ0) is 21.1. The molecule has 1 aromatic carbocycles. The van der Waals surface area contributed by atoms with Crippen LogP contribution in [-0.2, 0) is 6.42 Å². The molecule has 156 valence electrons. The fraction of sp³-hybridized carbons (Fsp3) is 0.381. The van der Waals surface area contributed by atoms with Gasteiger partial charge in [-0.25, -0.2) is 15.0 Å². The number of hydrogen-bond donors (Lipinski definition) is 0. The van der Waals surface area contributed by atoms with Crippen molar-refractivity contribution in [1.29, 1.82) is 0 Å². The standard InChI is InChI=1S/C21H24N6O2S/c1-3-17-13-19(24-20(23-17)16-5-7-18(8-6-16)27(28)29)25-9-4-10-26(12-11-25)21-22-15(2)14-30-21/h5-8,13-14H,3-4,9-12H2,1-2H3. The van der Waals surface area contributed by atoms with Gasteiger partial charge in [0.1, 0.15) is 5.82 Å². The molecule has 1 fully saturated rings. The van der Waals surface area contributed by atoms with E-state index < -0.39 is 4.92 Å². The number of non-ortho nitro benzene ring substituents is 1. The molecule has 0 saturated carbocycles. The van der Waals surface area contributed by atoms with Gasteiger partial charge in [-0.05, 0) is 31.9 Å². The molecule has 0 radical (unpaired) electrons. The molecule has 1 aliphatic heterocycles. The summed E-state index contributed by atoms with van der Waals surface area (Å²) in [6, 6.07) is 8.48. The third-order valence-corrected chi connectivity index (χ3v) is 6.18. The highest BCUT2D eigenvalue weighted by Crippen LogP contribution is 2.25. The zero-order valence-electron chi connectivity index (χ0n) is 17.1. The molecule has 0 bridgehead atoms. The molecule has 0 unspecified atom stereocenters. The van der Waals surface area contributed by atoms with E-state index in [1.54, 1.807) is 23.5 Å². The maximum absolute atomic E-state index is 10.9. The summed E-state index contributed by atoms with van der Waals surface area (Å²) in [6.07, 6.45) is 1.82. The monoisotopic (exact) mass is 424 g/mol. The van der Waals surface area contributed by atoms with E-state index in [-0.39, 0.29) is 5.69 Å². The SMILES string of the molecule is CCc1cc(N2CCCN(c3nc(C)cs3)CC2)nc(-c2ccc([N+](=O)[O-])cc2)n1. The summed E-state index contributed by atoms with van der Waals surface area (Å²) in [6.45, 7) is 7.74. The average Bonchev–Trinajstić information content (AvgIpc) is 3.05. The number of aryl methyl sites for hydroxylation is 2. The van der Waals surface area contributed by atoms with Crippen molar-refractivity contribution < 1.29 is 4.92 Å². The Balaban J connectivity index is 1.57. The predicted octanol–water partition coefficient (Wildman–Crippen LogP) is 4.10. The Morgan fingerprint density at radius 2 is 1.80 bits per heavy atom. The summed E-state index contributed by atoms with van der Waals surface area (Å²) >= 11 is 1.69. The Bertz CT molecular complexity index is 1040. The van der Waals surface area contributed by atoms with Crippen LogP contribution < -0.4 is 9.80 Å². The fourth-order valence-electron chi connectivity index (χ4n) is 3.51. The third kappa shape index (κ3) is 4.40. The zero-order valence-corrected chi connectivity index (χ0v) is 17.9. The van der Waals surface area contributed by atoms with Gasteiger partial charge in [-0.2, -0.15) is 0 Å². The van der Waals surface area contributed by atoms with Gasteiger partial charge >= 0.3 is 0 Å². The average molecular weight is 425 g/mol. The lowest BCUT2D eigenvalue weighted by Crippen LogP contribution is -2.31. The molecule has 0 atom stereocenters. The van der Waals surface area contributed by atoms with Gasteiger partial charge in [0.2, 0.25) is 0 Å². The second kappa shape index (κ2) is 8.74. The van der Waals surface area contributed by atoms with Gasteiger partial charge in [0.25, 0.3) is 5.69 Å². The van der Waals surface area contributed by atoms with E-state index in [0.29, 0.717) is 5.82 Å². The molecule has 2 aromatic heterocycles. The van der Waals surface area contributed by atoms with Crippen molar-refractivity contribution in [1.82, 2.24) is 15.0 Å². The second-order valence-electron chi connectivity index (χ2n) is 7.30. The molecule has 1 aliphatic rings. The maximum Gasteiger partial charge on any atom is 0.269 e. The van der Waals surface area contributed by atoms with Crippen molar-refractivity contribution in [3.63, 3.8) is 0 Å². The molecule has 9 heteroatoms. The summed E-state index contributed by atoms with van der Waals surface area (Å²) in [4.78, 5) is 29.3. The Morgan fingerprint density at radius 3 is 2.47 bits per heavy atom. The number of nitro benzene ring substituents is 1. The first-order valence-corrected chi connectivity index (χ1v) is 11.0. The summed E-state index contributed by atoms with van der Waals surface area (Å²) < 4.78 is 0. The van der Waals surface area contributed by atoms with Gasteiger partial charge in [-0.15, -0.1) is 11.3 Å². The number of benzene rings is 1. The highest BCUT2D eigenvalue weighted by atomic mass is 32.1. The van der Waals surface area contributed by atoms with E-state index in [9.17, 15) is 10.1 Å². The minimum Gasteiger partial charge on any atom is -0.355 e. The van der Waals surface area contributed by atoms with Gasteiger partial charge in [0.05, 0.1) is 10.6 Å². The lowest BCUT2D eigenvalue weighted by molar-refractivity contribution is -0.384. The van der Waals surface area contributed by atoms with E-state index in [4.69, 9.17) is 4.98 Å². The quantitative estimate of drug-likeness (QED) is 0.450. The van der Waals surface area contributed by atoms with E-state index in [0.717, 1.165) is 66.9 Å². The smallest absolute Gasteiger partial charge is 0.269 e. The number of hydrogen-bond acceptors (Lipinski definition) is 8. The lowest BCUT2D eigenvalue weighted by atomic mass is 10.2. The van der Waals surface area contributed by atoms with Crippen molar-refractivity contribution in [2.75, 3.05) is 36.0 Å². The lowest BCUT2D eigenvalue weighted by Gasteiger charge is -2.23. The highest BCUT2D eigenvalue weighted by Gasteiger charge is 2.19. The van der Waals surface area contributed by atoms with Crippen LogP contribution in [0, 0.1) is 17.0 Å². The van der Waals surface area contributed by atoms with Crippen LogP contribution in [0.15, 0.2) is 35.7 Å². The highest BCUT2D eigenvalue weighted by molar-refractivity contribution is 7.13. The number of aromatic nitrogens is 3. The molecule has 0 spiro atoms. The van der Waals surface area contributed by atoms with Gasteiger partial charge < -0.3 is 9.80 Å². The summed E-state index contributed by atoms with van der Waals surface area (Å²) in [7, 11) is 0. The first-order chi connectivity index (χ1) is 14.5. The Hall–Kier alpha value is -3.07. The van der Waals surface area contributed by atoms with Gasteiger partial charge in [-0.3, -0.25) is 10.1 Å². The summed E-state index contributed by atoms with van der Waals surface area (Å²) in [5.74, 6) is 1.52. The predicted molar refractivity (Wildman–Crippen MR) is 119 cm³/mol. The van der Waals surface area contributed by atoms with Crippen LogP contribution in [0.1, 0.15) is 24.7 Å². The molecule has 1 saturated heterocycles. The first-order valence-electron chi connectivity index (χ1n) is 10.1. The fourth-order valence-corrected chi connectivity index (χ4v) is 4.37. The molecule has 0 amide bonds. The topological polar surface area (TPSA) is 88.3 Å². The van der Waals surface area contributed by atoms with Crippen LogP contribution >= 0.6 is 11.3 Å². The van der Waals surface area contributed by atoms with E-state index in [1.165, 1.54) is 12.1 Å². The van der Waals surface area contributed by atoms with E-state index >= 15 is 0 Å². The van der Waals surface area contributed by atoms with Crippen LogP contribution in [0.25, 0.3) is 11.4 Å². The molecule has 3 heterocycles. The molecule has 4 rings (SSSR count). The largest absolute Gasteiger partial charge is 0.355 e. The Labute approximate surface area is 179 Å². The van der Waals surface area contributed by atoms with Crippen molar-refractivity contribution in [2.24, 2.45) is 0 Å². The minimum absolute atomic E-state index is 0.0654. The molecular weight excluding hydrogens is 400 g/mol. The van der Waals surface area contributed by atoms with E-state index in [2.05, 4.69) is 38.1 Å². The second-order valence-corrected chi connectivity index (χ2v) is 8.13. The van der Waals surface area contributed by atoms with Gasteiger partial charge in [0.15, 0.2) is 11.0 Å². The molecule has 0 N–H and O–H groups in total. The maximum atomic E-state index is 10.9. The molecule has 30 heavy (non-hydrogen) atoms. The molecule has 8 nitrogen and oxygen atoms in total. The van der Waals surface area contributed by atoms with Gasteiger partial charge in [0, 0.05) is 61.0 Å². The Morgan fingerprint density at radius 1 is 1.07 bits per heavy atom. The van der Waals surface area contributed by atoms with Crippen LogP contribution in [-0.4, -0.2) is 46.1 Å². The normalized spacial score (nSPS) is 14.6. The number of nitrogens with zero attached hydrogens (tertiary/aromatic N) is 6. The number of thiazole rings is 1. The van der Waals surface area contributed by atoms with Crippen LogP contribution in [0.3, 0.4) is 0 Å². The minimum atomic E-state index is -0.397. The molecule has 0 aliphatic carbocycles. The summed E-state index contributed by atoms with van der Waals surface area (Å²) in [5, 5.41) is 14.1. The van der Waals surface area contributed by atoms with Crippen molar-refractivity contribution >= 4 is 28.0 Å². The van der Waals surface area contributed by atoms with Crippen LogP contribution in [0.2, 0.25) is 0 Å². The molecule has 3 aromatic rings. The van der Waals surface area contributed by atoms with Crippen LogP contribution in [0.5, 0.6) is 0 Å². The third-order valence-electron chi connectivity index (χ3n) is 5.16. The number of anilines is 2. The van der Waals surface area contributed by atoms with Crippen LogP contribution in [0.4, 0.5) is 16.6 Å². The first kappa shape index (κ1) is 20.2. The Kier molecular flexibility index (Phi) is 5.89. The van der Waals surface area contributed by atoms with Crippen molar-refractivity contribution in [3.05, 3.63) is 57.2 Å². The number of nitro groups is 1. The number of rotatable bonds is 5. The van der Waals surface area contributed by atoms with Gasteiger partial charge in [-0.1, -0.05) is 6.92 Å². The van der Waals surface area contributed by atoms with Crippen molar-refractivity contribution in [2.45, 2.75) is 26.7 Å². The summed E-state index contributed by atoms with van der Waals surface area (Å²) in [5.41, 5.74) is 2.87. The molecular formula is C21H24N6O2S. The van der Waals surface area contributed by atoms with Crippen molar-refractivity contribution in [3.8, 4) is 11.4 Å². The van der Waals surface area contributed by atoms with E-state index in [1.807, 2.05) is 6.92 Å².